The maximum Gasteiger partial charge on any atom is 0.256 e. The largest absolute Gasteiger partial charge is 0.452 e. The second-order valence-corrected chi connectivity index (χ2v) is 5.19. The van der Waals surface area contributed by atoms with E-state index in [1.165, 1.54) is 6.26 Å². The van der Waals surface area contributed by atoms with Crippen LogP contribution in [0.5, 0.6) is 0 Å². The molecule has 3 nitrogen and oxygen atoms in total. The summed E-state index contributed by atoms with van der Waals surface area (Å²) in [5, 5.41) is 2.92. The lowest BCUT2D eigenvalue weighted by Crippen LogP contribution is -2.24. The summed E-state index contributed by atoms with van der Waals surface area (Å²) in [7, 11) is 0. The zero-order valence-corrected chi connectivity index (χ0v) is 10.8. The highest BCUT2D eigenvalue weighted by atomic mass is 79.9. The number of hydrogen-bond donors (Lipinski definition) is 1. The molecule has 5 heteroatoms. The summed E-state index contributed by atoms with van der Waals surface area (Å²) in [5.74, 6) is -0.184. The normalized spacial score (nSPS) is 12.5. The Morgan fingerprint density at radius 1 is 1.73 bits per heavy atom. The minimum Gasteiger partial charge on any atom is -0.452 e. The molecule has 0 aromatic carbocycles. The van der Waals surface area contributed by atoms with Gasteiger partial charge in [-0.05, 0) is 30.5 Å². The molecule has 0 aliphatic heterocycles. The SMILES string of the molecule is CC(Br)CCCNC(=O)c1ccoc1Cl. The average molecular weight is 295 g/mol. The first-order chi connectivity index (χ1) is 7.11. The van der Waals surface area contributed by atoms with Crippen molar-refractivity contribution in [2.24, 2.45) is 0 Å². The number of furan rings is 1. The third kappa shape index (κ3) is 4.26. The van der Waals surface area contributed by atoms with Gasteiger partial charge in [0.05, 0.1) is 11.8 Å². The summed E-state index contributed by atoms with van der Waals surface area (Å²) in [4.78, 5) is 12.0. The van der Waals surface area contributed by atoms with Crippen molar-refractivity contribution in [1.82, 2.24) is 5.32 Å². The zero-order chi connectivity index (χ0) is 11.3. The van der Waals surface area contributed by atoms with E-state index in [2.05, 4.69) is 28.2 Å². The fourth-order valence-corrected chi connectivity index (χ4v) is 1.66. The van der Waals surface area contributed by atoms with E-state index in [0.29, 0.717) is 16.9 Å². The molecule has 15 heavy (non-hydrogen) atoms. The van der Waals surface area contributed by atoms with Crippen molar-refractivity contribution < 1.29 is 9.21 Å². The molecule has 1 aromatic rings. The van der Waals surface area contributed by atoms with Gasteiger partial charge in [-0.3, -0.25) is 4.79 Å². The van der Waals surface area contributed by atoms with E-state index in [4.69, 9.17) is 16.0 Å². The van der Waals surface area contributed by atoms with Crippen molar-refractivity contribution in [3.8, 4) is 0 Å². The van der Waals surface area contributed by atoms with Crippen molar-refractivity contribution >= 4 is 33.4 Å². The lowest BCUT2D eigenvalue weighted by Gasteiger charge is -2.04. The molecule has 0 spiro atoms. The molecule has 1 amide bonds. The van der Waals surface area contributed by atoms with Crippen molar-refractivity contribution in [1.29, 1.82) is 0 Å². The van der Waals surface area contributed by atoms with Gasteiger partial charge in [0, 0.05) is 11.4 Å². The van der Waals surface area contributed by atoms with Crippen LogP contribution >= 0.6 is 27.5 Å². The number of amides is 1. The number of nitrogens with one attached hydrogen (secondary N) is 1. The van der Waals surface area contributed by atoms with Crippen molar-refractivity contribution in [2.45, 2.75) is 24.6 Å². The number of hydrogen-bond acceptors (Lipinski definition) is 2. The van der Waals surface area contributed by atoms with E-state index in [1.807, 2.05) is 0 Å². The average Bonchev–Trinajstić information content (AvgIpc) is 2.58. The van der Waals surface area contributed by atoms with Crippen LogP contribution in [0.2, 0.25) is 5.22 Å². The standard InChI is InChI=1S/C10H13BrClNO2/c1-7(11)3-2-5-13-10(14)8-4-6-15-9(8)12/h4,6-7H,2-3,5H2,1H3,(H,13,14). The first kappa shape index (κ1) is 12.6. The Bertz CT molecular complexity index is 325. The zero-order valence-electron chi connectivity index (χ0n) is 8.43. The summed E-state index contributed by atoms with van der Waals surface area (Å²) >= 11 is 9.11. The monoisotopic (exact) mass is 293 g/mol. The second-order valence-electron chi connectivity index (χ2n) is 3.29. The Balaban J connectivity index is 2.28. The predicted octanol–water partition coefficient (Wildman–Crippen LogP) is 3.23. The van der Waals surface area contributed by atoms with Gasteiger partial charge in [0.2, 0.25) is 5.22 Å². The van der Waals surface area contributed by atoms with Crippen LogP contribution in [0.3, 0.4) is 0 Å². The molecule has 0 fully saturated rings. The first-order valence-corrected chi connectivity index (χ1v) is 6.06. The van der Waals surface area contributed by atoms with Gasteiger partial charge < -0.3 is 9.73 Å². The molecule has 0 radical (unpaired) electrons. The minimum atomic E-state index is -0.184. The topological polar surface area (TPSA) is 42.2 Å². The summed E-state index contributed by atoms with van der Waals surface area (Å²) in [6.45, 7) is 2.73. The first-order valence-electron chi connectivity index (χ1n) is 4.76. The van der Waals surface area contributed by atoms with Crippen LogP contribution in [-0.2, 0) is 0 Å². The molecule has 0 saturated heterocycles. The Labute approximate surface area is 102 Å². The maximum atomic E-state index is 11.5. The molecule has 1 aromatic heterocycles. The van der Waals surface area contributed by atoms with Crippen molar-refractivity contribution in [2.75, 3.05) is 6.54 Å². The highest BCUT2D eigenvalue weighted by Gasteiger charge is 2.11. The van der Waals surface area contributed by atoms with Gasteiger partial charge in [-0.25, -0.2) is 0 Å². The van der Waals surface area contributed by atoms with E-state index in [1.54, 1.807) is 6.07 Å². The van der Waals surface area contributed by atoms with Crippen molar-refractivity contribution in [3.05, 3.63) is 23.1 Å². The van der Waals surface area contributed by atoms with Gasteiger partial charge in [0.15, 0.2) is 0 Å². The Hall–Kier alpha value is -0.480. The van der Waals surface area contributed by atoms with E-state index in [0.717, 1.165) is 12.8 Å². The molecule has 1 heterocycles. The molecule has 1 atom stereocenters. The van der Waals surface area contributed by atoms with E-state index < -0.39 is 0 Å². The number of halogens is 2. The van der Waals surface area contributed by atoms with Crippen LogP contribution in [-0.4, -0.2) is 17.3 Å². The fraction of sp³-hybridized carbons (Fsp3) is 0.500. The fourth-order valence-electron chi connectivity index (χ4n) is 1.14. The van der Waals surface area contributed by atoms with E-state index >= 15 is 0 Å². The Morgan fingerprint density at radius 3 is 3.00 bits per heavy atom. The summed E-state index contributed by atoms with van der Waals surface area (Å²) in [6.07, 6.45) is 3.37. The van der Waals surface area contributed by atoms with Crippen LogP contribution in [0.4, 0.5) is 0 Å². The van der Waals surface area contributed by atoms with Gasteiger partial charge in [-0.1, -0.05) is 22.9 Å². The Morgan fingerprint density at radius 2 is 2.47 bits per heavy atom. The van der Waals surface area contributed by atoms with Gasteiger partial charge in [0.1, 0.15) is 0 Å². The summed E-state index contributed by atoms with van der Waals surface area (Å²) in [5.41, 5.74) is 0.392. The number of carbonyl (C=O) groups is 1. The lowest BCUT2D eigenvalue weighted by atomic mass is 10.2. The molecule has 1 N–H and O–H groups in total. The molecule has 0 aliphatic rings. The van der Waals surface area contributed by atoms with Gasteiger partial charge >= 0.3 is 0 Å². The van der Waals surface area contributed by atoms with Crippen molar-refractivity contribution in [3.63, 3.8) is 0 Å². The van der Waals surface area contributed by atoms with Crippen LogP contribution in [0, 0.1) is 0 Å². The quantitative estimate of drug-likeness (QED) is 0.669. The molecule has 1 unspecified atom stereocenters. The number of rotatable bonds is 5. The molecule has 84 valence electrons. The third-order valence-electron chi connectivity index (χ3n) is 1.93. The third-order valence-corrected chi connectivity index (χ3v) is 2.68. The van der Waals surface area contributed by atoms with Gasteiger partial charge in [0.25, 0.3) is 5.91 Å². The molecular weight excluding hydrogens is 281 g/mol. The summed E-state index contributed by atoms with van der Waals surface area (Å²) < 4.78 is 4.83. The molecule has 0 saturated carbocycles. The smallest absolute Gasteiger partial charge is 0.256 e. The maximum absolute atomic E-state index is 11.5. The molecule has 0 bridgehead atoms. The minimum absolute atomic E-state index is 0.140. The lowest BCUT2D eigenvalue weighted by molar-refractivity contribution is 0.0952. The number of alkyl halides is 1. The highest BCUT2D eigenvalue weighted by Crippen LogP contribution is 2.16. The van der Waals surface area contributed by atoms with E-state index in [-0.39, 0.29) is 11.1 Å². The number of carbonyl (C=O) groups excluding carboxylic acids is 1. The highest BCUT2D eigenvalue weighted by molar-refractivity contribution is 9.09. The van der Waals surface area contributed by atoms with Gasteiger partial charge in [-0.15, -0.1) is 0 Å². The van der Waals surface area contributed by atoms with Gasteiger partial charge in [-0.2, -0.15) is 0 Å². The summed E-state index contributed by atoms with van der Waals surface area (Å²) in [6, 6.07) is 1.56. The van der Waals surface area contributed by atoms with Crippen LogP contribution in [0.15, 0.2) is 16.7 Å². The van der Waals surface area contributed by atoms with Crippen LogP contribution < -0.4 is 5.32 Å². The predicted molar refractivity (Wildman–Crippen MR) is 63.7 cm³/mol. The molecular formula is C10H13BrClNO2. The van der Waals surface area contributed by atoms with E-state index in [9.17, 15) is 4.79 Å². The second kappa shape index (κ2) is 6.18. The molecule has 0 aliphatic carbocycles. The van der Waals surface area contributed by atoms with Crippen LogP contribution in [0.1, 0.15) is 30.1 Å². The van der Waals surface area contributed by atoms with Crippen LogP contribution in [0.25, 0.3) is 0 Å². The Kier molecular flexibility index (Phi) is 5.19. The molecule has 1 rings (SSSR count).